The average molecular weight is 308 g/mol. The SMILES string of the molecule is Cc1nc2c(C#N)c3n(c2c(=O)n1-c1ccc(F)cc1)CCC3. The Balaban J connectivity index is 2.11. The van der Waals surface area contributed by atoms with Crippen molar-refractivity contribution in [3.63, 3.8) is 0 Å². The predicted octanol–water partition coefficient (Wildman–Crippen LogP) is 2.45. The second-order valence-corrected chi connectivity index (χ2v) is 5.66. The molecular weight excluding hydrogens is 295 g/mol. The Labute approximate surface area is 131 Å². The van der Waals surface area contributed by atoms with Crippen LogP contribution >= 0.6 is 0 Å². The predicted molar refractivity (Wildman–Crippen MR) is 83.1 cm³/mol. The fourth-order valence-corrected chi connectivity index (χ4v) is 3.37. The lowest BCUT2D eigenvalue weighted by Gasteiger charge is -2.10. The van der Waals surface area contributed by atoms with E-state index in [0.29, 0.717) is 28.1 Å². The summed E-state index contributed by atoms with van der Waals surface area (Å²) in [4.78, 5) is 17.5. The largest absolute Gasteiger partial charge is 0.337 e. The zero-order valence-corrected chi connectivity index (χ0v) is 12.5. The minimum atomic E-state index is -0.358. The number of fused-ring (bicyclic) bond motifs is 3. The summed E-state index contributed by atoms with van der Waals surface area (Å²) in [5.74, 6) is 0.124. The molecule has 0 saturated carbocycles. The van der Waals surface area contributed by atoms with Gasteiger partial charge in [0.25, 0.3) is 5.56 Å². The minimum absolute atomic E-state index is 0.219. The van der Waals surface area contributed by atoms with E-state index in [0.717, 1.165) is 25.1 Å². The lowest BCUT2D eigenvalue weighted by molar-refractivity contribution is 0.627. The number of aromatic nitrogens is 3. The van der Waals surface area contributed by atoms with E-state index < -0.39 is 0 Å². The van der Waals surface area contributed by atoms with E-state index >= 15 is 0 Å². The molecule has 1 aliphatic rings. The summed E-state index contributed by atoms with van der Waals surface area (Å²) in [6.45, 7) is 2.44. The highest BCUT2D eigenvalue weighted by atomic mass is 19.1. The molecule has 3 heterocycles. The second-order valence-electron chi connectivity index (χ2n) is 5.66. The van der Waals surface area contributed by atoms with Crippen molar-refractivity contribution in [2.45, 2.75) is 26.3 Å². The van der Waals surface area contributed by atoms with Gasteiger partial charge in [-0.2, -0.15) is 5.26 Å². The Hall–Kier alpha value is -2.94. The Kier molecular flexibility index (Phi) is 2.85. The lowest BCUT2D eigenvalue weighted by Crippen LogP contribution is -2.23. The molecule has 0 bridgehead atoms. The van der Waals surface area contributed by atoms with Crippen LogP contribution in [0, 0.1) is 24.1 Å². The first-order chi connectivity index (χ1) is 11.1. The van der Waals surface area contributed by atoms with Gasteiger partial charge in [-0.25, -0.2) is 9.37 Å². The van der Waals surface area contributed by atoms with E-state index in [9.17, 15) is 14.4 Å². The normalized spacial score (nSPS) is 13.3. The number of nitrogens with zero attached hydrogens (tertiary/aromatic N) is 4. The van der Waals surface area contributed by atoms with Crippen LogP contribution in [-0.4, -0.2) is 14.1 Å². The summed E-state index contributed by atoms with van der Waals surface area (Å²) in [5.41, 5.74) is 2.68. The van der Waals surface area contributed by atoms with Crippen molar-refractivity contribution < 1.29 is 4.39 Å². The number of halogens is 1. The van der Waals surface area contributed by atoms with Crippen LogP contribution in [0.2, 0.25) is 0 Å². The second kappa shape index (κ2) is 4.78. The molecule has 0 amide bonds. The number of benzene rings is 1. The maximum Gasteiger partial charge on any atom is 0.282 e. The van der Waals surface area contributed by atoms with Crippen molar-refractivity contribution in [2.24, 2.45) is 0 Å². The number of nitriles is 1. The van der Waals surface area contributed by atoms with Crippen LogP contribution in [0.25, 0.3) is 16.7 Å². The van der Waals surface area contributed by atoms with Gasteiger partial charge in [-0.05, 0) is 44.0 Å². The molecule has 6 heteroatoms. The van der Waals surface area contributed by atoms with E-state index in [1.807, 2.05) is 4.57 Å². The van der Waals surface area contributed by atoms with E-state index in [4.69, 9.17) is 0 Å². The van der Waals surface area contributed by atoms with Crippen molar-refractivity contribution >= 4 is 11.0 Å². The first kappa shape index (κ1) is 13.7. The monoisotopic (exact) mass is 308 g/mol. The molecule has 114 valence electrons. The van der Waals surface area contributed by atoms with Crippen LogP contribution in [-0.2, 0) is 13.0 Å². The van der Waals surface area contributed by atoms with Gasteiger partial charge in [-0.15, -0.1) is 0 Å². The average Bonchev–Trinajstić information content (AvgIpc) is 3.08. The van der Waals surface area contributed by atoms with E-state index in [2.05, 4.69) is 11.1 Å². The zero-order valence-electron chi connectivity index (χ0n) is 12.5. The zero-order chi connectivity index (χ0) is 16.1. The lowest BCUT2D eigenvalue weighted by atomic mass is 10.2. The van der Waals surface area contributed by atoms with Crippen molar-refractivity contribution in [3.8, 4) is 11.8 Å². The van der Waals surface area contributed by atoms with Gasteiger partial charge in [-0.1, -0.05) is 0 Å². The smallest absolute Gasteiger partial charge is 0.282 e. The Morgan fingerprint density at radius 1 is 1.30 bits per heavy atom. The molecule has 0 aliphatic carbocycles. The number of rotatable bonds is 1. The highest BCUT2D eigenvalue weighted by Gasteiger charge is 2.25. The molecule has 0 saturated heterocycles. The Morgan fingerprint density at radius 2 is 2.04 bits per heavy atom. The minimum Gasteiger partial charge on any atom is -0.337 e. The molecule has 23 heavy (non-hydrogen) atoms. The van der Waals surface area contributed by atoms with Crippen molar-refractivity contribution in [1.29, 1.82) is 5.26 Å². The van der Waals surface area contributed by atoms with Crippen LogP contribution in [0.15, 0.2) is 29.1 Å². The molecule has 0 fully saturated rings. The van der Waals surface area contributed by atoms with Crippen molar-refractivity contribution in [1.82, 2.24) is 14.1 Å². The third-order valence-electron chi connectivity index (χ3n) is 4.34. The summed E-state index contributed by atoms with van der Waals surface area (Å²) < 4.78 is 16.5. The fraction of sp³-hybridized carbons (Fsp3) is 0.235. The molecule has 1 aliphatic heterocycles. The molecule has 0 N–H and O–H groups in total. The van der Waals surface area contributed by atoms with Crippen molar-refractivity contribution in [2.75, 3.05) is 0 Å². The highest BCUT2D eigenvalue weighted by Crippen LogP contribution is 2.28. The van der Waals surface area contributed by atoms with Crippen LogP contribution < -0.4 is 5.56 Å². The van der Waals surface area contributed by atoms with E-state index in [1.54, 1.807) is 19.1 Å². The third-order valence-corrected chi connectivity index (χ3v) is 4.34. The van der Waals surface area contributed by atoms with Gasteiger partial charge < -0.3 is 4.57 Å². The Morgan fingerprint density at radius 3 is 2.74 bits per heavy atom. The molecule has 4 rings (SSSR count). The molecule has 0 atom stereocenters. The molecule has 5 nitrogen and oxygen atoms in total. The number of aryl methyl sites for hydroxylation is 2. The molecule has 0 radical (unpaired) electrons. The Bertz CT molecular complexity index is 1040. The van der Waals surface area contributed by atoms with Crippen LogP contribution in [0.3, 0.4) is 0 Å². The topological polar surface area (TPSA) is 63.6 Å². The molecule has 0 spiro atoms. The van der Waals surface area contributed by atoms with Gasteiger partial charge in [0, 0.05) is 12.2 Å². The van der Waals surface area contributed by atoms with Gasteiger partial charge in [-0.3, -0.25) is 9.36 Å². The maximum atomic E-state index is 13.1. The molecular formula is C17H13FN4O. The van der Waals surface area contributed by atoms with Gasteiger partial charge in [0.15, 0.2) is 0 Å². The molecule has 0 unspecified atom stereocenters. The number of hydrogen-bond acceptors (Lipinski definition) is 3. The number of hydrogen-bond donors (Lipinski definition) is 0. The van der Waals surface area contributed by atoms with E-state index in [1.165, 1.54) is 16.7 Å². The third kappa shape index (κ3) is 1.83. The fourth-order valence-electron chi connectivity index (χ4n) is 3.37. The van der Waals surface area contributed by atoms with Crippen LogP contribution in [0.4, 0.5) is 4.39 Å². The summed E-state index contributed by atoms with van der Waals surface area (Å²) in [7, 11) is 0. The van der Waals surface area contributed by atoms with Crippen LogP contribution in [0.1, 0.15) is 23.5 Å². The quantitative estimate of drug-likeness (QED) is 0.693. The first-order valence-electron chi connectivity index (χ1n) is 7.42. The molecule has 1 aromatic carbocycles. The summed E-state index contributed by atoms with van der Waals surface area (Å²) in [6, 6.07) is 7.92. The molecule has 3 aromatic rings. The van der Waals surface area contributed by atoms with Gasteiger partial charge in [0.2, 0.25) is 0 Å². The molecule has 2 aromatic heterocycles. The summed E-state index contributed by atoms with van der Waals surface area (Å²) in [5, 5.41) is 9.43. The standard InChI is InChI=1S/C17H13FN4O/c1-10-20-15-13(9-19)14-3-2-8-21(14)16(15)17(23)22(10)12-6-4-11(18)5-7-12/h4-7H,2-3,8H2,1H3. The first-order valence-corrected chi connectivity index (χ1v) is 7.42. The van der Waals surface area contributed by atoms with Gasteiger partial charge in [0.05, 0.1) is 11.3 Å². The summed E-state index contributed by atoms with van der Waals surface area (Å²) >= 11 is 0. The highest BCUT2D eigenvalue weighted by molar-refractivity contribution is 5.84. The van der Waals surface area contributed by atoms with Gasteiger partial charge in [0.1, 0.15) is 28.7 Å². The van der Waals surface area contributed by atoms with Gasteiger partial charge >= 0.3 is 0 Å². The van der Waals surface area contributed by atoms with Crippen LogP contribution in [0.5, 0.6) is 0 Å². The summed E-state index contributed by atoms with van der Waals surface area (Å²) in [6.07, 6.45) is 1.71. The maximum absolute atomic E-state index is 13.1. The van der Waals surface area contributed by atoms with E-state index in [-0.39, 0.29) is 11.4 Å². The van der Waals surface area contributed by atoms with Crippen molar-refractivity contribution in [3.05, 3.63) is 57.5 Å².